The number of carboxylic acid groups (broad SMARTS) is 1. The zero-order valence-electron chi connectivity index (χ0n) is 17.0. The Hall–Kier alpha value is -3.65. The van der Waals surface area contributed by atoms with Gasteiger partial charge in [0.1, 0.15) is 12.1 Å². The van der Waals surface area contributed by atoms with E-state index >= 15 is 0 Å². The van der Waals surface area contributed by atoms with Crippen LogP contribution in [0.15, 0.2) is 72.8 Å². The third-order valence-corrected chi connectivity index (χ3v) is 5.00. The van der Waals surface area contributed by atoms with E-state index in [0.29, 0.717) is 22.3 Å². The molecule has 0 aliphatic rings. The van der Waals surface area contributed by atoms with Crippen LogP contribution >= 0.6 is 0 Å². The second kappa shape index (κ2) is 9.23. The number of hydrogen-bond acceptors (Lipinski definition) is 4. The Bertz CT molecular complexity index is 1130. The Balaban J connectivity index is 1.84. The summed E-state index contributed by atoms with van der Waals surface area (Å²) in [6.45, 7) is 1.53. The molecule has 8 heteroatoms. The monoisotopic (exact) mass is 443 g/mol. The van der Waals surface area contributed by atoms with E-state index in [1.807, 2.05) is 0 Å². The van der Waals surface area contributed by atoms with Crippen molar-refractivity contribution in [3.63, 3.8) is 0 Å². The zero-order valence-corrected chi connectivity index (χ0v) is 17.0. The van der Waals surface area contributed by atoms with Crippen LogP contribution in [0.4, 0.5) is 13.2 Å². The minimum atomic E-state index is -4.46. The molecule has 3 rings (SSSR count). The van der Waals surface area contributed by atoms with Crippen LogP contribution in [0.2, 0.25) is 0 Å². The maximum absolute atomic E-state index is 12.7. The molecular formula is C24H20F3NO4. The van der Waals surface area contributed by atoms with Crippen molar-refractivity contribution in [1.29, 1.82) is 0 Å². The van der Waals surface area contributed by atoms with Crippen molar-refractivity contribution in [2.45, 2.75) is 25.2 Å². The molecule has 0 aliphatic heterocycles. The first-order chi connectivity index (χ1) is 15.1. The lowest BCUT2D eigenvalue weighted by Gasteiger charge is -2.20. The van der Waals surface area contributed by atoms with Crippen LogP contribution in [0.3, 0.4) is 0 Å². The lowest BCUT2D eigenvalue weighted by molar-refractivity contribution is -0.150. The molecule has 32 heavy (non-hydrogen) atoms. The molecule has 0 bridgehead atoms. The summed E-state index contributed by atoms with van der Waals surface area (Å²) in [4.78, 5) is 24.3. The topological polar surface area (TPSA) is 89.6 Å². The van der Waals surface area contributed by atoms with Gasteiger partial charge in [0.25, 0.3) is 0 Å². The molecular weight excluding hydrogens is 423 g/mol. The molecule has 0 aliphatic carbocycles. The predicted molar refractivity (Wildman–Crippen MR) is 112 cm³/mol. The lowest BCUT2D eigenvalue weighted by Crippen LogP contribution is -2.25. The summed E-state index contributed by atoms with van der Waals surface area (Å²) in [5.74, 6) is -1.92. The highest BCUT2D eigenvalue weighted by molar-refractivity contribution is 5.97. The van der Waals surface area contributed by atoms with Crippen molar-refractivity contribution in [3.05, 3.63) is 95.1 Å². The first-order valence-electron chi connectivity index (χ1n) is 9.64. The molecule has 0 aromatic heterocycles. The molecule has 0 fully saturated rings. The fourth-order valence-corrected chi connectivity index (χ4v) is 3.30. The Morgan fingerprint density at radius 3 is 2.06 bits per heavy atom. The van der Waals surface area contributed by atoms with Crippen LogP contribution < -0.4 is 5.73 Å². The number of rotatable bonds is 6. The number of nitrogens with two attached hydrogens (primary N) is 1. The Morgan fingerprint density at radius 2 is 1.47 bits per heavy atom. The van der Waals surface area contributed by atoms with Gasteiger partial charge in [-0.1, -0.05) is 54.6 Å². The van der Waals surface area contributed by atoms with Crippen molar-refractivity contribution in [1.82, 2.24) is 0 Å². The normalized spacial score (nSPS) is 13.3. The first-order valence-corrected chi connectivity index (χ1v) is 9.64. The fourth-order valence-electron chi connectivity index (χ4n) is 3.30. The van der Waals surface area contributed by atoms with Gasteiger partial charge in [-0.2, -0.15) is 13.2 Å². The van der Waals surface area contributed by atoms with E-state index in [-0.39, 0.29) is 5.56 Å². The summed E-state index contributed by atoms with van der Waals surface area (Å²) in [6, 6.07) is 16.0. The van der Waals surface area contributed by atoms with Crippen LogP contribution in [0.1, 0.15) is 46.1 Å². The van der Waals surface area contributed by atoms with E-state index in [4.69, 9.17) is 10.5 Å². The van der Waals surface area contributed by atoms with Gasteiger partial charge in [0.2, 0.25) is 0 Å². The van der Waals surface area contributed by atoms with E-state index in [0.717, 1.165) is 12.1 Å². The summed E-state index contributed by atoms with van der Waals surface area (Å²) in [5, 5.41) is 9.49. The molecule has 0 heterocycles. The SMILES string of the molecule is CC(OC(=O)C(N)c1ccccc1-c1ccccc1C(=O)O)c1ccc(C(F)(F)F)cc1. The van der Waals surface area contributed by atoms with Gasteiger partial charge in [-0.15, -0.1) is 0 Å². The quantitative estimate of drug-likeness (QED) is 0.500. The summed E-state index contributed by atoms with van der Waals surface area (Å²) < 4.78 is 43.6. The molecule has 3 N–H and O–H groups in total. The molecule has 0 radical (unpaired) electrons. The number of ether oxygens (including phenoxy) is 1. The van der Waals surface area contributed by atoms with E-state index in [1.54, 1.807) is 42.5 Å². The minimum absolute atomic E-state index is 0.0543. The second-order valence-electron chi connectivity index (χ2n) is 7.11. The van der Waals surface area contributed by atoms with Crippen LogP contribution in [0.25, 0.3) is 11.1 Å². The van der Waals surface area contributed by atoms with Crippen LogP contribution in [0, 0.1) is 0 Å². The number of halogens is 3. The Kier molecular flexibility index (Phi) is 6.64. The number of aromatic carboxylic acids is 1. The Labute approximate surface area is 182 Å². The predicted octanol–water partition coefficient (Wildman–Crippen LogP) is 5.37. The standard InChI is InChI=1S/C24H20F3NO4/c1-14(15-10-12-16(13-11-15)24(25,26)27)32-23(31)21(28)19-8-4-2-6-17(19)18-7-3-5-9-20(18)22(29)30/h2-14,21H,28H2,1H3,(H,29,30). The molecule has 2 atom stereocenters. The van der Waals surface area contributed by atoms with Gasteiger partial charge < -0.3 is 15.6 Å². The van der Waals surface area contributed by atoms with E-state index in [1.165, 1.54) is 25.1 Å². The maximum atomic E-state index is 12.7. The van der Waals surface area contributed by atoms with Gasteiger partial charge in [-0.3, -0.25) is 0 Å². The molecule has 3 aromatic carbocycles. The smallest absolute Gasteiger partial charge is 0.416 e. The molecule has 5 nitrogen and oxygen atoms in total. The number of benzene rings is 3. The van der Waals surface area contributed by atoms with E-state index < -0.39 is 35.8 Å². The molecule has 166 valence electrons. The largest absolute Gasteiger partial charge is 0.478 e. The zero-order chi connectivity index (χ0) is 23.5. The fraction of sp³-hybridized carbons (Fsp3) is 0.167. The average molecular weight is 443 g/mol. The van der Waals surface area contributed by atoms with Gasteiger partial charge in [-0.25, -0.2) is 9.59 Å². The van der Waals surface area contributed by atoms with Gasteiger partial charge >= 0.3 is 18.1 Å². The average Bonchev–Trinajstić information content (AvgIpc) is 2.78. The molecule has 0 saturated heterocycles. The summed E-state index contributed by atoms with van der Waals surface area (Å²) in [6.07, 6.45) is -5.30. The first kappa shape index (κ1) is 23.0. The van der Waals surface area contributed by atoms with Crippen molar-refractivity contribution >= 4 is 11.9 Å². The number of carboxylic acids is 1. The summed E-state index contributed by atoms with van der Waals surface area (Å²) in [5.41, 5.74) is 7.00. The lowest BCUT2D eigenvalue weighted by atomic mass is 9.92. The summed E-state index contributed by atoms with van der Waals surface area (Å²) >= 11 is 0. The molecule has 0 saturated carbocycles. The molecule has 2 unspecified atom stereocenters. The maximum Gasteiger partial charge on any atom is 0.416 e. The highest BCUT2D eigenvalue weighted by atomic mass is 19.4. The third kappa shape index (κ3) is 4.97. The van der Waals surface area contributed by atoms with Crippen LogP contribution in [-0.4, -0.2) is 17.0 Å². The van der Waals surface area contributed by atoms with Crippen molar-refractivity contribution in [2.24, 2.45) is 5.73 Å². The Morgan fingerprint density at radius 1 is 0.906 bits per heavy atom. The van der Waals surface area contributed by atoms with E-state index in [2.05, 4.69) is 0 Å². The number of carbonyl (C=O) groups is 2. The van der Waals surface area contributed by atoms with Crippen molar-refractivity contribution in [3.8, 4) is 11.1 Å². The second-order valence-corrected chi connectivity index (χ2v) is 7.11. The highest BCUT2D eigenvalue weighted by Gasteiger charge is 2.30. The highest BCUT2D eigenvalue weighted by Crippen LogP contribution is 2.33. The van der Waals surface area contributed by atoms with Crippen LogP contribution in [-0.2, 0) is 15.7 Å². The van der Waals surface area contributed by atoms with E-state index in [9.17, 15) is 27.9 Å². The van der Waals surface area contributed by atoms with Gasteiger partial charge in [0.15, 0.2) is 0 Å². The third-order valence-electron chi connectivity index (χ3n) is 5.00. The number of alkyl halides is 3. The van der Waals surface area contributed by atoms with Gasteiger partial charge in [0, 0.05) is 0 Å². The van der Waals surface area contributed by atoms with Gasteiger partial charge in [-0.05, 0) is 47.4 Å². The molecule has 0 spiro atoms. The minimum Gasteiger partial charge on any atom is -0.478 e. The van der Waals surface area contributed by atoms with Crippen molar-refractivity contribution < 1.29 is 32.6 Å². The number of esters is 1. The number of hydrogen-bond donors (Lipinski definition) is 2. The number of carbonyl (C=O) groups excluding carboxylic acids is 1. The summed E-state index contributed by atoms with van der Waals surface area (Å²) in [7, 11) is 0. The van der Waals surface area contributed by atoms with Crippen LogP contribution in [0.5, 0.6) is 0 Å². The molecule has 0 amide bonds. The molecule has 3 aromatic rings. The van der Waals surface area contributed by atoms with Gasteiger partial charge in [0.05, 0.1) is 11.1 Å². The van der Waals surface area contributed by atoms with Crippen molar-refractivity contribution in [2.75, 3.05) is 0 Å².